The fourth-order valence-corrected chi connectivity index (χ4v) is 2.69. The summed E-state index contributed by atoms with van der Waals surface area (Å²) in [7, 11) is 0. The molecule has 0 spiro atoms. The molecule has 1 N–H and O–H groups in total. The lowest BCUT2D eigenvalue weighted by molar-refractivity contribution is -0.274. The zero-order valence-corrected chi connectivity index (χ0v) is 16.1. The number of hydrogen-bond acceptors (Lipinski definition) is 5. The number of halogens is 3. The molecule has 158 valence electrons. The van der Waals surface area contributed by atoms with Crippen molar-refractivity contribution in [3.05, 3.63) is 70.7 Å². The first-order valence-electron chi connectivity index (χ1n) is 8.85. The van der Waals surface area contributed by atoms with Crippen LogP contribution in [-0.2, 0) is 11.3 Å². The minimum absolute atomic E-state index is 0.315. The average molecular weight is 421 g/mol. The molecule has 30 heavy (non-hydrogen) atoms. The Morgan fingerprint density at radius 1 is 1.20 bits per heavy atom. The van der Waals surface area contributed by atoms with Crippen LogP contribution in [0.3, 0.4) is 0 Å². The van der Waals surface area contributed by atoms with Gasteiger partial charge in [-0.1, -0.05) is 12.1 Å². The van der Waals surface area contributed by atoms with Gasteiger partial charge in [0.25, 0.3) is 0 Å². The summed E-state index contributed by atoms with van der Waals surface area (Å²) in [4.78, 5) is 28.9. The van der Waals surface area contributed by atoms with Gasteiger partial charge in [0, 0.05) is 5.69 Å². The van der Waals surface area contributed by atoms with Gasteiger partial charge in [0.1, 0.15) is 18.6 Å². The third-order valence-corrected chi connectivity index (χ3v) is 4.19. The van der Waals surface area contributed by atoms with Crippen molar-refractivity contribution in [2.75, 3.05) is 0 Å². The quantitative estimate of drug-likeness (QED) is 0.661. The molecule has 0 aliphatic carbocycles. The molecular weight excluding hydrogens is 403 g/mol. The molecule has 1 aromatic carbocycles. The molecule has 8 nitrogen and oxygen atoms in total. The summed E-state index contributed by atoms with van der Waals surface area (Å²) >= 11 is 0. The molecule has 1 amide bonds. The summed E-state index contributed by atoms with van der Waals surface area (Å²) in [6.07, 6.45) is -1.95. The number of benzene rings is 1. The van der Waals surface area contributed by atoms with Crippen molar-refractivity contribution >= 4 is 5.91 Å². The van der Waals surface area contributed by atoms with Crippen molar-refractivity contribution in [3.63, 3.8) is 0 Å². The van der Waals surface area contributed by atoms with Crippen LogP contribution in [0.2, 0.25) is 0 Å². The molecule has 0 aliphatic heterocycles. The Bertz CT molecular complexity index is 1070. The topological polar surface area (TPSA) is 91.0 Å². The van der Waals surface area contributed by atoms with E-state index in [4.69, 9.17) is 0 Å². The fraction of sp³-hybridized carbons (Fsp3) is 0.263. The zero-order valence-electron chi connectivity index (χ0n) is 16.1. The van der Waals surface area contributed by atoms with Crippen LogP contribution in [0, 0.1) is 6.92 Å². The second-order valence-electron chi connectivity index (χ2n) is 6.50. The number of aromatic nitrogens is 4. The van der Waals surface area contributed by atoms with Crippen LogP contribution >= 0.6 is 0 Å². The van der Waals surface area contributed by atoms with E-state index in [1.54, 1.807) is 19.1 Å². The number of amides is 1. The number of carbonyl (C=O) groups is 1. The van der Waals surface area contributed by atoms with E-state index in [9.17, 15) is 22.8 Å². The lowest BCUT2D eigenvalue weighted by Crippen LogP contribution is -2.34. The summed E-state index contributed by atoms with van der Waals surface area (Å²) in [6, 6.07) is 8.11. The number of nitrogens with one attached hydrogen (secondary N) is 1. The Morgan fingerprint density at radius 3 is 2.50 bits per heavy atom. The Hall–Kier alpha value is -3.63. The average Bonchev–Trinajstić information content (AvgIpc) is 3.02. The van der Waals surface area contributed by atoms with Crippen molar-refractivity contribution < 1.29 is 22.7 Å². The van der Waals surface area contributed by atoms with E-state index >= 15 is 0 Å². The van der Waals surface area contributed by atoms with E-state index in [1.807, 2.05) is 6.92 Å². The molecule has 0 unspecified atom stereocenters. The van der Waals surface area contributed by atoms with Crippen LogP contribution in [0.15, 0.2) is 53.7 Å². The maximum Gasteiger partial charge on any atom is 0.573 e. The van der Waals surface area contributed by atoms with Gasteiger partial charge in [-0.3, -0.25) is 9.78 Å². The lowest BCUT2D eigenvalue weighted by Gasteiger charge is -2.15. The van der Waals surface area contributed by atoms with Crippen LogP contribution in [0.25, 0.3) is 5.69 Å². The monoisotopic (exact) mass is 421 g/mol. The number of hydrogen-bond donors (Lipinski definition) is 1. The van der Waals surface area contributed by atoms with Crippen LogP contribution in [0.5, 0.6) is 5.75 Å². The minimum atomic E-state index is -4.77. The fourth-order valence-electron chi connectivity index (χ4n) is 2.69. The maximum atomic E-state index is 12.4. The second kappa shape index (κ2) is 8.39. The highest BCUT2D eigenvalue weighted by Crippen LogP contribution is 2.24. The molecule has 0 saturated carbocycles. The van der Waals surface area contributed by atoms with Crippen LogP contribution in [0.1, 0.15) is 24.2 Å². The number of ether oxygens (including phenoxy) is 1. The van der Waals surface area contributed by atoms with Gasteiger partial charge >= 0.3 is 12.1 Å². The Labute approximate surface area is 168 Å². The van der Waals surface area contributed by atoms with Gasteiger partial charge in [-0.05, 0) is 43.7 Å². The third kappa shape index (κ3) is 5.25. The molecule has 2 aromatic heterocycles. The van der Waals surface area contributed by atoms with Crippen molar-refractivity contribution in [3.8, 4) is 11.4 Å². The number of carbonyl (C=O) groups excluding carboxylic acids is 1. The van der Waals surface area contributed by atoms with Crippen molar-refractivity contribution in [2.45, 2.75) is 32.8 Å². The smallest absolute Gasteiger partial charge is 0.406 e. The Balaban J connectivity index is 1.63. The van der Waals surface area contributed by atoms with E-state index in [0.717, 1.165) is 22.5 Å². The molecule has 0 fully saturated rings. The normalized spacial score (nSPS) is 12.4. The van der Waals surface area contributed by atoms with Gasteiger partial charge < -0.3 is 10.1 Å². The van der Waals surface area contributed by atoms with Crippen molar-refractivity contribution in [1.82, 2.24) is 24.6 Å². The van der Waals surface area contributed by atoms with Crippen molar-refractivity contribution in [1.29, 1.82) is 0 Å². The first-order chi connectivity index (χ1) is 14.1. The predicted octanol–water partition coefficient (Wildman–Crippen LogP) is 2.51. The van der Waals surface area contributed by atoms with E-state index < -0.39 is 24.0 Å². The molecule has 1 atom stereocenters. The van der Waals surface area contributed by atoms with Crippen LogP contribution in [0.4, 0.5) is 13.2 Å². The molecular formula is C19H18F3N5O3. The molecule has 0 bridgehead atoms. The number of pyridine rings is 1. The minimum Gasteiger partial charge on any atom is -0.406 e. The Morgan fingerprint density at radius 2 is 1.90 bits per heavy atom. The van der Waals surface area contributed by atoms with Gasteiger partial charge in [0.05, 0.1) is 17.9 Å². The van der Waals surface area contributed by atoms with Gasteiger partial charge in [0.15, 0.2) is 0 Å². The number of nitrogens with zero attached hydrogens (tertiary/aromatic N) is 4. The molecule has 2 heterocycles. The zero-order chi connectivity index (χ0) is 21.9. The highest BCUT2D eigenvalue weighted by Gasteiger charge is 2.31. The molecule has 11 heteroatoms. The highest BCUT2D eigenvalue weighted by molar-refractivity contribution is 5.76. The van der Waals surface area contributed by atoms with E-state index in [0.29, 0.717) is 11.3 Å². The largest absolute Gasteiger partial charge is 0.573 e. The van der Waals surface area contributed by atoms with E-state index in [1.165, 1.54) is 29.2 Å². The van der Waals surface area contributed by atoms with Gasteiger partial charge in [0.2, 0.25) is 5.91 Å². The standard InChI is InChI=1S/C19H18F3N5O3/c1-12-3-6-15(9-23-12)26-11-24-27(18(26)29)10-17(28)25-13(2)14-4-7-16(8-5-14)30-19(20,21)22/h3-9,11,13H,10H2,1-2H3,(H,25,28)/t13-/m0/s1. The first kappa shape index (κ1) is 21.1. The number of rotatable bonds is 6. The summed E-state index contributed by atoms with van der Waals surface area (Å²) in [5.41, 5.74) is 1.39. The van der Waals surface area contributed by atoms with Gasteiger partial charge in [-0.2, -0.15) is 5.10 Å². The first-order valence-corrected chi connectivity index (χ1v) is 8.85. The van der Waals surface area contributed by atoms with Crippen molar-refractivity contribution in [2.24, 2.45) is 0 Å². The van der Waals surface area contributed by atoms with Crippen LogP contribution in [-0.4, -0.2) is 31.6 Å². The molecule has 3 aromatic rings. The Kier molecular flexibility index (Phi) is 5.90. The van der Waals surface area contributed by atoms with Crippen LogP contribution < -0.4 is 15.7 Å². The molecule has 0 saturated heterocycles. The second-order valence-corrected chi connectivity index (χ2v) is 6.50. The lowest BCUT2D eigenvalue weighted by atomic mass is 10.1. The SMILES string of the molecule is Cc1ccc(-n2cnn(CC(=O)N[C@@H](C)c3ccc(OC(F)(F)F)cc3)c2=O)cn1. The highest BCUT2D eigenvalue weighted by atomic mass is 19.4. The molecule has 0 aliphatic rings. The summed E-state index contributed by atoms with van der Waals surface area (Å²) in [5, 5.41) is 6.61. The predicted molar refractivity (Wildman–Crippen MR) is 100 cm³/mol. The van der Waals surface area contributed by atoms with Gasteiger partial charge in [-0.15, -0.1) is 13.2 Å². The maximum absolute atomic E-state index is 12.4. The van der Waals surface area contributed by atoms with Gasteiger partial charge in [-0.25, -0.2) is 14.0 Å². The molecule has 0 radical (unpaired) electrons. The summed E-state index contributed by atoms with van der Waals surface area (Å²) in [6.45, 7) is 3.17. The third-order valence-electron chi connectivity index (χ3n) is 4.19. The number of alkyl halides is 3. The van der Waals surface area contributed by atoms with E-state index in [2.05, 4.69) is 20.1 Å². The molecule has 3 rings (SSSR count). The van der Waals surface area contributed by atoms with E-state index in [-0.39, 0.29) is 12.3 Å². The summed E-state index contributed by atoms with van der Waals surface area (Å²) in [5.74, 6) is -0.833. The summed E-state index contributed by atoms with van der Waals surface area (Å²) < 4.78 is 42.7. The number of aryl methyl sites for hydroxylation is 1.